The number of carbonyl (C=O) groups is 4. The molecule has 0 radical (unpaired) electrons. The second-order valence-electron chi connectivity index (χ2n) is 8.41. The van der Waals surface area contributed by atoms with Gasteiger partial charge in [-0.15, -0.1) is 12.4 Å². The maximum Gasteiger partial charge on any atom is 0.292 e. The van der Waals surface area contributed by atoms with Crippen LogP contribution in [0, 0.1) is 5.41 Å². The average Bonchev–Trinajstić information content (AvgIpc) is 3.53. The molecule has 0 atom stereocenters. The molecule has 0 bridgehead atoms. The van der Waals surface area contributed by atoms with E-state index in [4.69, 9.17) is 22.6 Å². The Morgan fingerprint density at radius 3 is 1.61 bits per heavy atom. The van der Waals surface area contributed by atoms with Gasteiger partial charge in [0.05, 0.1) is 5.84 Å². The molecule has 3 heterocycles. The van der Waals surface area contributed by atoms with Crippen molar-refractivity contribution in [3.05, 3.63) is 36.1 Å². The second kappa shape index (κ2) is 13.6. The van der Waals surface area contributed by atoms with Gasteiger partial charge in [-0.2, -0.15) is 0 Å². The Morgan fingerprint density at radius 1 is 0.780 bits per heavy atom. The van der Waals surface area contributed by atoms with Crippen molar-refractivity contribution in [2.24, 2.45) is 43.3 Å². The van der Waals surface area contributed by atoms with E-state index in [-0.39, 0.29) is 78.6 Å². The number of imidazole rings is 3. The van der Waals surface area contributed by atoms with Crippen LogP contribution < -0.4 is 38.5 Å². The van der Waals surface area contributed by atoms with Crippen LogP contribution >= 0.6 is 12.4 Å². The van der Waals surface area contributed by atoms with Crippen LogP contribution in [0.4, 0.5) is 17.5 Å². The van der Waals surface area contributed by atoms with Crippen LogP contribution in [0.5, 0.6) is 0 Å². The van der Waals surface area contributed by atoms with E-state index < -0.39 is 23.6 Å². The standard InChI is InChI=1S/C21H29N15O4.ClH/c1-34-8-12(30-15(34)18(38)26-5-4-10(22)23)32-20(40)17-31-13(9-36(17)3)33-19(39)16-29-11(7-35(16)2)28-14(37)6-27-21(24)25;/h7-9H,4-6H2,1-3H3,(H3,22,23)(H,26,38)(H,28,37)(H,32,40)(H,33,39)(H4,24,25,27);1H. The molecule has 3 aromatic heterocycles. The summed E-state index contributed by atoms with van der Waals surface area (Å²) in [5, 5.41) is 17.4. The third kappa shape index (κ3) is 8.51. The zero-order valence-electron chi connectivity index (χ0n) is 22.3. The van der Waals surface area contributed by atoms with Crippen LogP contribution in [0.1, 0.15) is 38.3 Å². The van der Waals surface area contributed by atoms with E-state index in [1.807, 2.05) is 0 Å². The summed E-state index contributed by atoms with van der Waals surface area (Å²) in [6.45, 7) is -0.147. The lowest BCUT2D eigenvalue weighted by molar-refractivity contribution is -0.114. The topological polar surface area (TPSA) is 284 Å². The molecular formula is C21H30ClN15O4. The van der Waals surface area contributed by atoms with Gasteiger partial charge >= 0.3 is 0 Å². The maximum atomic E-state index is 12.8. The van der Waals surface area contributed by atoms with E-state index in [2.05, 4.69) is 41.2 Å². The fourth-order valence-electron chi connectivity index (χ4n) is 3.29. The van der Waals surface area contributed by atoms with Crippen LogP contribution in [-0.2, 0) is 25.9 Å². The molecule has 0 aliphatic carbocycles. The lowest BCUT2D eigenvalue weighted by atomic mass is 10.4. The molecule has 3 aromatic rings. The number of amides is 4. The number of halogens is 1. The first kappa shape index (κ1) is 31.8. The molecule has 11 N–H and O–H groups in total. The summed E-state index contributed by atoms with van der Waals surface area (Å²) in [6.07, 6.45) is 4.47. The zero-order valence-corrected chi connectivity index (χ0v) is 23.1. The van der Waals surface area contributed by atoms with Crippen molar-refractivity contribution in [2.45, 2.75) is 6.42 Å². The Labute approximate surface area is 238 Å². The molecule has 0 spiro atoms. The van der Waals surface area contributed by atoms with Crippen molar-refractivity contribution >= 4 is 65.3 Å². The van der Waals surface area contributed by atoms with Crippen molar-refractivity contribution in [3.8, 4) is 0 Å². The van der Waals surface area contributed by atoms with Gasteiger partial charge in [0.15, 0.2) is 23.4 Å². The van der Waals surface area contributed by atoms with Crippen LogP contribution in [0.25, 0.3) is 0 Å². The highest BCUT2D eigenvalue weighted by atomic mass is 35.5. The van der Waals surface area contributed by atoms with Gasteiger partial charge in [0.2, 0.25) is 23.4 Å². The minimum Gasteiger partial charge on any atom is -0.388 e. The normalized spacial score (nSPS) is 10.2. The Bertz CT molecular complexity index is 1500. The van der Waals surface area contributed by atoms with Gasteiger partial charge in [-0.05, 0) is 0 Å². The third-order valence-corrected chi connectivity index (χ3v) is 5.07. The Morgan fingerprint density at radius 2 is 1.20 bits per heavy atom. The molecule has 0 saturated heterocycles. The predicted molar refractivity (Wildman–Crippen MR) is 151 cm³/mol. The molecule has 0 aliphatic heterocycles. The molecular weight excluding hydrogens is 562 g/mol. The molecule has 3 rings (SSSR count). The molecule has 0 unspecified atom stereocenters. The van der Waals surface area contributed by atoms with Crippen molar-refractivity contribution < 1.29 is 19.2 Å². The number of rotatable bonds is 11. The van der Waals surface area contributed by atoms with Crippen molar-refractivity contribution in [1.29, 1.82) is 5.41 Å². The van der Waals surface area contributed by atoms with Gasteiger partial charge in [-0.1, -0.05) is 0 Å². The summed E-state index contributed by atoms with van der Waals surface area (Å²) in [7, 11) is 4.68. The second-order valence-corrected chi connectivity index (χ2v) is 8.41. The first-order valence-electron chi connectivity index (χ1n) is 11.5. The van der Waals surface area contributed by atoms with E-state index in [0.717, 1.165) is 0 Å². The average molecular weight is 592 g/mol. The minimum atomic E-state index is -0.651. The van der Waals surface area contributed by atoms with Crippen LogP contribution in [0.15, 0.2) is 23.6 Å². The number of guanidine groups is 1. The summed E-state index contributed by atoms with van der Waals surface area (Å²) in [5.74, 6) is -2.44. The van der Waals surface area contributed by atoms with E-state index in [1.165, 1.54) is 32.3 Å². The zero-order chi connectivity index (χ0) is 29.6. The van der Waals surface area contributed by atoms with Crippen molar-refractivity contribution in [2.75, 3.05) is 29.0 Å². The van der Waals surface area contributed by atoms with Crippen molar-refractivity contribution in [3.63, 3.8) is 0 Å². The molecule has 19 nitrogen and oxygen atoms in total. The van der Waals surface area contributed by atoms with Gasteiger partial charge in [0, 0.05) is 52.7 Å². The van der Waals surface area contributed by atoms with Gasteiger partial charge in [0.25, 0.3) is 17.7 Å². The van der Waals surface area contributed by atoms with E-state index in [9.17, 15) is 19.2 Å². The molecule has 41 heavy (non-hydrogen) atoms. The Hall–Kier alpha value is -5.46. The molecule has 20 heteroatoms. The number of nitrogens with zero attached hydrogens (tertiary/aromatic N) is 7. The highest BCUT2D eigenvalue weighted by molar-refractivity contribution is 6.04. The smallest absolute Gasteiger partial charge is 0.292 e. The number of nitrogens with two attached hydrogens (primary N) is 3. The number of aryl methyl sites for hydroxylation is 3. The number of hydrogen-bond donors (Lipinski definition) is 8. The molecule has 0 saturated carbocycles. The lowest BCUT2D eigenvalue weighted by Gasteiger charge is -2.03. The summed E-state index contributed by atoms with van der Waals surface area (Å²) in [6, 6.07) is 0. The lowest BCUT2D eigenvalue weighted by Crippen LogP contribution is -2.29. The van der Waals surface area contributed by atoms with Crippen LogP contribution in [0.2, 0.25) is 0 Å². The first-order chi connectivity index (χ1) is 18.8. The number of anilines is 3. The number of nitrogens with one attached hydrogen (secondary N) is 5. The van der Waals surface area contributed by atoms with E-state index >= 15 is 0 Å². The Kier molecular flexibility index (Phi) is 10.5. The van der Waals surface area contributed by atoms with Crippen LogP contribution in [-0.4, -0.2) is 77.2 Å². The number of aromatic nitrogens is 6. The summed E-state index contributed by atoms with van der Waals surface area (Å²) in [5.41, 5.74) is 15.7. The monoisotopic (exact) mass is 591 g/mol. The van der Waals surface area contributed by atoms with E-state index in [1.54, 1.807) is 21.1 Å². The summed E-state index contributed by atoms with van der Waals surface area (Å²) >= 11 is 0. The van der Waals surface area contributed by atoms with Gasteiger partial charge in [-0.3, -0.25) is 24.6 Å². The van der Waals surface area contributed by atoms with E-state index in [0.29, 0.717) is 0 Å². The highest BCUT2D eigenvalue weighted by Crippen LogP contribution is 2.14. The number of hydrogen-bond acceptors (Lipinski definition) is 9. The maximum absolute atomic E-state index is 12.8. The molecule has 0 aromatic carbocycles. The first-order valence-corrected chi connectivity index (χ1v) is 11.5. The highest BCUT2D eigenvalue weighted by Gasteiger charge is 2.21. The quantitative estimate of drug-likeness (QED) is 0.0902. The predicted octanol–water partition coefficient (Wildman–Crippen LogP) is -1.92. The Balaban J connectivity index is 0.00000588. The third-order valence-electron chi connectivity index (χ3n) is 5.07. The minimum absolute atomic E-state index is 0. The van der Waals surface area contributed by atoms with Gasteiger partial charge in [0.1, 0.15) is 6.54 Å². The molecule has 0 fully saturated rings. The molecule has 220 valence electrons. The molecule has 0 aliphatic rings. The summed E-state index contributed by atoms with van der Waals surface area (Å²) in [4.78, 5) is 65.7. The largest absolute Gasteiger partial charge is 0.388 e. The fraction of sp³-hybridized carbons (Fsp3) is 0.286. The SMILES string of the molecule is Cl.Cn1cc(NC(=O)c2nc(NC(=O)c3nc(NC(=O)CN=C(N)N)cn3C)cn2C)nc1C(=O)NCCC(=N)N. The van der Waals surface area contributed by atoms with Crippen molar-refractivity contribution in [1.82, 2.24) is 34.0 Å². The summed E-state index contributed by atoms with van der Waals surface area (Å²) < 4.78 is 4.20. The van der Waals surface area contributed by atoms with Gasteiger partial charge in [-0.25, -0.2) is 19.9 Å². The van der Waals surface area contributed by atoms with Crippen LogP contribution in [0.3, 0.4) is 0 Å². The number of aliphatic imine (C=N–C) groups is 1. The number of carbonyl (C=O) groups excluding carboxylic acids is 4. The van der Waals surface area contributed by atoms with Gasteiger partial charge < -0.3 is 52.2 Å². The molecule has 4 amide bonds. The fourth-order valence-corrected chi connectivity index (χ4v) is 3.29. The number of amidine groups is 1.